The predicted octanol–water partition coefficient (Wildman–Crippen LogP) is 2.88. The maximum atomic E-state index is 13.2. The van der Waals surface area contributed by atoms with Gasteiger partial charge in [-0.25, -0.2) is 0 Å². The van der Waals surface area contributed by atoms with E-state index in [1.165, 1.54) is 6.07 Å². The topological polar surface area (TPSA) is 60.2 Å². The molecule has 1 rings (SSSR count). The van der Waals surface area contributed by atoms with E-state index in [0.29, 0.717) is 0 Å². The van der Waals surface area contributed by atoms with Crippen LogP contribution in [-0.4, -0.2) is 10.2 Å². The van der Waals surface area contributed by atoms with Crippen LogP contribution in [0, 0.1) is 15.9 Å². The van der Waals surface area contributed by atoms with Crippen molar-refractivity contribution in [3.8, 4) is 0 Å². The molecular formula is C7H2BrClFNO3. The third-order valence-electron chi connectivity index (χ3n) is 1.46. The van der Waals surface area contributed by atoms with E-state index in [9.17, 15) is 19.3 Å². The molecule has 0 atom stereocenters. The summed E-state index contributed by atoms with van der Waals surface area (Å²) in [7, 11) is 0. The van der Waals surface area contributed by atoms with Crippen LogP contribution in [0.15, 0.2) is 16.6 Å². The van der Waals surface area contributed by atoms with Gasteiger partial charge in [0.05, 0.1) is 9.40 Å². The zero-order chi connectivity index (χ0) is 10.9. The first-order chi connectivity index (χ1) is 6.45. The SMILES string of the molecule is O=C(Cl)c1ccc(Br)c(F)c1[N+](=O)[O-]. The van der Waals surface area contributed by atoms with Crippen LogP contribution < -0.4 is 0 Å². The van der Waals surface area contributed by atoms with E-state index in [1.807, 2.05) is 0 Å². The summed E-state index contributed by atoms with van der Waals surface area (Å²) >= 11 is 7.82. The summed E-state index contributed by atoms with van der Waals surface area (Å²) in [6.07, 6.45) is 0. The maximum absolute atomic E-state index is 13.2. The molecular weight excluding hydrogens is 280 g/mol. The van der Waals surface area contributed by atoms with Gasteiger partial charge in [0, 0.05) is 0 Å². The molecule has 1 aromatic carbocycles. The monoisotopic (exact) mass is 281 g/mol. The van der Waals surface area contributed by atoms with Gasteiger partial charge in [0.1, 0.15) is 5.56 Å². The number of halogens is 3. The van der Waals surface area contributed by atoms with E-state index in [4.69, 9.17) is 11.6 Å². The van der Waals surface area contributed by atoms with E-state index < -0.39 is 27.2 Å². The highest BCUT2D eigenvalue weighted by molar-refractivity contribution is 9.10. The molecule has 0 unspecified atom stereocenters. The second-order valence-electron chi connectivity index (χ2n) is 2.29. The molecule has 0 saturated carbocycles. The van der Waals surface area contributed by atoms with Crippen molar-refractivity contribution in [1.29, 1.82) is 0 Å². The molecule has 7 heteroatoms. The normalized spacial score (nSPS) is 9.93. The van der Waals surface area contributed by atoms with Crippen molar-refractivity contribution in [2.24, 2.45) is 0 Å². The van der Waals surface area contributed by atoms with Gasteiger partial charge in [-0.1, -0.05) is 0 Å². The highest BCUT2D eigenvalue weighted by atomic mass is 79.9. The van der Waals surface area contributed by atoms with Crippen LogP contribution in [0.1, 0.15) is 10.4 Å². The smallest absolute Gasteiger partial charge is 0.275 e. The zero-order valence-corrected chi connectivity index (χ0v) is 8.80. The van der Waals surface area contributed by atoms with E-state index >= 15 is 0 Å². The van der Waals surface area contributed by atoms with Gasteiger partial charge in [-0.3, -0.25) is 14.9 Å². The molecule has 0 aromatic heterocycles. The molecule has 0 fully saturated rings. The van der Waals surface area contributed by atoms with Crippen LogP contribution in [0.2, 0.25) is 0 Å². The lowest BCUT2D eigenvalue weighted by atomic mass is 10.2. The van der Waals surface area contributed by atoms with Crippen molar-refractivity contribution >= 4 is 38.5 Å². The lowest BCUT2D eigenvalue weighted by Gasteiger charge is -2.00. The molecule has 0 saturated heterocycles. The number of benzene rings is 1. The third-order valence-corrected chi connectivity index (χ3v) is 2.28. The van der Waals surface area contributed by atoms with Crippen molar-refractivity contribution in [2.45, 2.75) is 0 Å². The minimum absolute atomic E-state index is 0.0918. The first-order valence-corrected chi connectivity index (χ1v) is 4.44. The Bertz CT molecular complexity index is 424. The maximum Gasteiger partial charge on any atom is 0.318 e. The molecule has 0 aliphatic heterocycles. The van der Waals surface area contributed by atoms with Crippen molar-refractivity contribution in [3.63, 3.8) is 0 Å². The number of hydrogen-bond donors (Lipinski definition) is 0. The predicted molar refractivity (Wildman–Crippen MR) is 50.9 cm³/mol. The van der Waals surface area contributed by atoms with Crippen LogP contribution in [0.3, 0.4) is 0 Å². The molecule has 4 nitrogen and oxygen atoms in total. The first kappa shape index (κ1) is 11.1. The Hall–Kier alpha value is -1.01. The molecule has 0 amide bonds. The highest BCUT2D eigenvalue weighted by Gasteiger charge is 2.25. The second kappa shape index (κ2) is 4.02. The standard InChI is InChI=1S/C7H2BrClFNO3/c8-4-2-1-3(7(9)12)6(5(4)10)11(13)14/h1-2H. The van der Waals surface area contributed by atoms with E-state index in [0.717, 1.165) is 6.07 Å². The van der Waals surface area contributed by atoms with Crippen LogP contribution in [0.4, 0.5) is 10.1 Å². The van der Waals surface area contributed by atoms with E-state index in [-0.39, 0.29) is 4.47 Å². The van der Waals surface area contributed by atoms with Gasteiger partial charge in [0.25, 0.3) is 5.24 Å². The fourth-order valence-electron chi connectivity index (χ4n) is 0.877. The average Bonchev–Trinajstić information content (AvgIpc) is 2.08. The highest BCUT2D eigenvalue weighted by Crippen LogP contribution is 2.29. The number of hydrogen-bond acceptors (Lipinski definition) is 3. The summed E-state index contributed by atoms with van der Waals surface area (Å²) in [5.41, 5.74) is -1.38. The molecule has 1 aromatic rings. The molecule has 0 bridgehead atoms. The zero-order valence-electron chi connectivity index (χ0n) is 6.46. The van der Waals surface area contributed by atoms with Gasteiger partial charge < -0.3 is 0 Å². The fraction of sp³-hybridized carbons (Fsp3) is 0. The van der Waals surface area contributed by atoms with Crippen LogP contribution in [-0.2, 0) is 0 Å². The van der Waals surface area contributed by atoms with Crippen LogP contribution in [0.25, 0.3) is 0 Å². The van der Waals surface area contributed by atoms with Crippen molar-refractivity contribution in [2.75, 3.05) is 0 Å². The summed E-state index contributed by atoms with van der Waals surface area (Å²) in [5.74, 6) is -1.11. The van der Waals surface area contributed by atoms with Crippen molar-refractivity contribution in [1.82, 2.24) is 0 Å². The largest absolute Gasteiger partial charge is 0.318 e. The second-order valence-corrected chi connectivity index (χ2v) is 3.49. The first-order valence-electron chi connectivity index (χ1n) is 3.27. The molecule has 14 heavy (non-hydrogen) atoms. The average molecular weight is 282 g/mol. The lowest BCUT2D eigenvalue weighted by molar-refractivity contribution is -0.387. The molecule has 0 N–H and O–H groups in total. The molecule has 74 valence electrons. The molecule has 0 spiro atoms. The van der Waals surface area contributed by atoms with Crippen LogP contribution in [0.5, 0.6) is 0 Å². The number of carbonyl (C=O) groups is 1. The molecule has 0 heterocycles. The Kier molecular flexibility index (Phi) is 3.17. The quantitative estimate of drug-likeness (QED) is 0.476. The molecule has 0 aliphatic carbocycles. The fourth-order valence-corrected chi connectivity index (χ4v) is 1.35. The van der Waals surface area contributed by atoms with Gasteiger partial charge in [-0.2, -0.15) is 4.39 Å². The lowest BCUT2D eigenvalue weighted by Crippen LogP contribution is -2.01. The third kappa shape index (κ3) is 1.91. The number of nitrogens with zero attached hydrogens (tertiary/aromatic N) is 1. The molecule has 0 radical (unpaired) electrons. The number of carbonyl (C=O) groups excluding carboxylic acids is 1. The summed E-state index contributed by atoms with van der Waals surface area (Å²) in [6.45, 7) is 0. The van der Waals surface area contributed by atoms with Gasteiger partial charge in [0.2, 0.25) is 5.82 Å². The summed E-state index contributed by atoms with van der Waals surface area (Å²) < 4.78 is 13.1. The Morgan fingerprint density at radius 1 is 1.57 bits per heavy atom. The van der Waals surface area contributed by atoms with Gasteiger partial charge in [-0.15, -0.1) is 0 Å². The summed E-state index contributed by atoms with van der Waals surface area (Å²) in [6, 6.07) is 2.26. The van der Waals surface area contributed by atoms with Gasteiger partial charge in [0.15, 0.2) is 0 Å². The van der Waals surface area contributed by atoms with E-state index in [1.54, 1.807) is 0 Å². The number of rotatable bonds is 2. The van der Waals surface area contributed by atoms with E-state index in [2.05, 4.69) is 15.9 Å². The minimum atomic E-state index is -1.11. The Morgan fingerprint density at radius 2 is 2.14 bits per heavy atom. The van der Waals surface area contributed by atoms with Gasteiger partial charge in [-0.05, 0) is 39.7 Å². The number of nitro benzene ring substituents is 1. The summed E-state index contributed by atoms with van der Waals surface area (Å²) in [4.78, 5) is 20.2. The van der Waals surface area contributed by atoms with Crippen molar-refractivity contribution in [3.05, 3.63) is 38.1 Å². The Labute approximate surface area is 90.9 Å². The summed E-state index contributed by atoms with van der Waals surface area (Å²) in [5, 5.41) is 9.37. The van der Waals surface area contributed by atoms with Gasteiger partial charge >= 0.3 is 5.69 Å². The van der Waals surface area contributed by atoms with Crippen LogP contribution >= 0.6 is 27.5 Å². The van der Waals surface area contributed by atoms with Crippen molar-refractivity contribution < 1.29 is 14.1 Å². The number of nitro groups is 1. The minimum Gasteiger partial charge on any atom is -0.275 e. The Morgan fingerprint density at radius 3 is 2.57 bits per heavy atom. The Balaban J connectivity index is 3.53. The molecule has 0 aliphatic rings.